The van der Waals surface area contributed by atoms with Gasteiger partial charge in [0, 0.05) is 16.9 Å². The van der Waals surface area contributed by atoms with Crippen LogP contribution in [0.5, 0.6) is 0 Å². The predicted octanol–water partition coefficient (Wildman–Crippen LogP) is 3.34. The average Bonchev–Trinajstić information content (AvgIpc) is 2.14. The van der Waals surface area contributed by atoms with E-state index in [1.165, 1.54) is 0 Å². The van der Waals surface area contributed by atoms with Crippen molar-refractivity contribution in [2.24, 2.45) is 15.9 Å². The molecule has 0 saturated carbocycles. The number of halogens is 1. The highest BCUT2D eigenvalue weighted by Gasteiger charge is 2.21. The molecule has 5 heteroatoms. The summed E-state index contributed by atoms with van der Waals surface area (Å²) in [6, 6.07) is 0. The minimum Gasteiger partial charge on any atom is -0.380 e. The van der Waals surface area contributed by atoms with Crippen LogP contribution in [0.4, 0.5) is 4.39 Å². The van der Waals surface area contributed by atoms with Crippen molar-refractivity contribution in [2.45, 2.75) is 27.7 Å². The second-order valence-corrected chi connectivity index (χ2v) is 5.34. The van der Waals surface area contributed by atoms with Gasteiger partial charge in [-0.25, -0.2) is 0 Å². The zero-order valence-electron chi connectivity index (χ0n) is 9.96. The Morgan fingerprint density at radius 1 is 1.20 bits per heavy atom. The minimum atomic E-state index is -0.436. The number of ether oxygens (including phenoxy) is 1. The fraction of sp³-hybridized carbons (Fsp3) is 1.00. The number of hydrogen-bond acceptors (Lipinski definition) is 2. The van der Waals surface area contributed by atoms with E-state index in [9.17, 15) is 4.39 Å². The molecule has 0 aliphatic heterocycles. The lowest BCUT2D eigenvalue weighted by molar-refractivity contribution is 0.00966. The Balaban J connectivity index is 3.89. The third-order valence-corrected chi connectivity index (χ3v) is 1.91. The van der Waals surface area contributed by atoms with Crippen LogP contribution in [0, 0.1) is 10.8 Å². The molecular formula is C10H20FN3O. The van der Waals surface area contributed by atoms with Gasteiger partial charge in [0.25, 0.3) is 0 Å². The molecule has 15 heavy (non-hydrogen) atoms. The Morgan fingerprint density at radius 2 is 1.73 bits per heavy atom. The molecule has 0 heterocycles. The smallest absolute Gasteiger partial charge is 0.0967 e. The van der Waals surface area contributed by atoms with E-state index >= 15 is 0 Å². The number of rotatable bonds is 7. The molecule has 0 aromatic heterocycles. The van der Waals surface area contributed by atoms with Gasteiger partial charge in [0.1, 0.15) is 0 Å². The Hall–Kier alpha value is -0.800. The maximum Gasteiger partial charge on any atom is 0.0967 e. The van der Waals surface area contributed by atoms with Crippen molar-refractivity contribution in [1.82, 2.24) is 0 Å². The highest BCUT2D eigenvalue weighted by Crippen LogP contribution is 2.20. The van der Waals surface area contributed by atoms with Crippen LogP contribution in [0.2, 0.25) is 0 Å². The van der Waals surface area contributed by atoms with E-state index in [4.69, 9.17) is 10.3 Å². The Morgan fingerprint density at radius 3 is 2.20 bits per heavy atom. The summed E-state index contributed by atoms with van der Waals surface area (Å²) in [5.74, 6) is 0. The van der Waals surface area contributed by atoms with Crippen LogP contribution in [-0.4, -0.2) is 26.4 Å². The van der Waals surface area contributed by atoms with Crippen LogP contribution >= 0.6 is 0 Å². The molecule has 0 aromatic rings. The van der Waals surface area contributed by atoms with Gasteiger partial charge in [0.05, 0.1) is 19.9 Å². The molecule has 0 bridgehead atoms. The molecule has 0 amide bonds. The zero-order valence-corrected chi connectivity index (χ0v) is 9.96. The molecule has 88 valence electrons. The van der Waals surface area contributed by atoms with E-state index in [-0.39, 0.29) is 5.41 Å². The normalized spacial score (nSPS) is 12.3. The van der Waals surface area contributed by atoms with Crippen LogP contribution in [-0.2, 0) is 4.74 Å². The fourth-order valence-corrected chi connectivity index (χ4v) is 0.911. The van der Waals surface area contributed by atoms with Crippen molar-refractivity contribution < 1.29 is 9.13 Å². The van der Waals surface area contributed by atoms with Crippen molar-refractivity contribution in [2.75, 3.05) is 26.4 Å². The summed E-state index contributed by atoms with van der Waals surface area (Å²) in [4.78, 5) is 2.70. The van der Waals surface area contributed by atoms with Gasteiger partial charge in [0.2, 0.25) is 0 Å². The van der Waals surface area contributed by atoms with E-state index < -0.39 is 12.1 Å². The molecule has 0 spiro atoms. The van der Waals surface area contributed by atoms with Gasteiger partial charge in [-0.05, 0) is 10.9 Å². The number of azide groups is 1. The van der Waals surface area contributed by atoms with Gasteiger partial charge >= 0.3 is 0 Å². The van der Waals surface area contributed by atoms with E-state index in [2.05, 4.69) is 10.0 Å². The van der Waals surface area contributed by atoms with Crippen molar-refractivity contribution in [3.05, 3.63) is 10.4 Å². The Labute approximate surface area is 90.4 Å². The van der Waals surface area contributed by atoms with Crippen molar-refractivity contribution >= 4 is 0 Å². The monoisotopic (exact) mass is 217 g/mol. The number of hydrogen-bond donors (Lipinski definition) is 0. The molecule has 4 nitrogen and oxygen atoms in total. The molecule has 0 unspecified atom stereocenters. The van der Waals surface area contributed by atoms with Crippen LogP contribution in [0.1, 0.15) is 27.7 Å². The van der Waals surface area contributed by atoms with Gasteiger partial charge in [-0.2, -0.15) is 0 Å². The first-order valence-corrected chi connectivity index (χ1v) is 4.98. The first kappa shape index (κ1) is 14.2. The van der Waals surface area contributed by atoms with Crippen molar-refractivity contribution in [1.29, 1.82) is 0 Å². The van der Waals surface area contributed by atoms with Gasteiger partial charge in [-0.3, -0.25) is 4.39 Å². The maximum absolute atomic E-state index is 12.4. The van der Waals surface area contributed by atoms with E-state index in [1.807, 2.05) is 27.7 Å². The Bertz CT molecular complexity index is 235. The molecule has 0 saturated heterocycles. The molecule has 0 radical (unpaired) electrons. The van der Waals surface area contributed by atoms with Crippen LogP contribution in [0.15, 0.2) is 5.11 Å². The molecule has 0 rings (SSSR count). The highest BCUT2D eigenvalue weighted by atomic mass is 19.1. The van der Waals surface area contributed by atoms with E-state index in [1.54, 1.807) is 0 Å². The van der Waals surface area contributed by atoms with Crippen molar-refractivity contribution in [3.8, 4) is 0 Å². The third-order valence-electron chi connectivity index (χ3n) is 1.91. The summed E-state index contributed by atoms with van der Waals surface area (Å²) >= 11 is 0. The summed E-state index contributed by atoms with van der Waals surface area (Å²) < 4.78 is 17.9. The van der Waals surface area contributed by atoms with Gasteiger partial charge in [0.15, 0.2) is 0 Å². The lowest BCUT2D eigenvalue weighted by atomic mass is 9.94. The minimum absolute atomic E-state index is 0.196. The molecule has 0 fully saturated rings. The zero-order chi connectivity index (χ0) is 11.9. The molecule has 0 aliphatic carbocycles. The average molecular weight is 217 g/mol. The highest BCUT2D eigenvalue weighted by molar-refractivity contribution is 4.72. The van der Waals surface area contributed by atoms with Gasteiger partial charge in [-0.15, -0.1) is 0 Å². The summed E-state index contributed by atoms with van der Waals surface area (Å²) in [5, 5.41) is 3.51. The lowest BCUT2D eigenvalue weighted by Gasteiger charge is -2.26. The van der Waals surface area contributed by atoms with Crippen LogP contribution < -0.4 is 0 Å². The molecule has 0 aromatic carbocycles. The first-order chi connectivity index (χ1) is 6.83. The largest absolute Gasteiger partial charge is 0.380 e. The maximum atomic E-state index is 12.4. The first-order valence-electron chi connectivity index (χ1n) is 4.98. The second kappa shape index (κ2) is 5.93. The standard InChI is InChI=1S/C10H20FN3O/c1-9(2,5-11)7-15-8-10(3,4)6-13-14-12/h5-8H2,1-4H3. The molecular weight excluding hydrogens is 197 g/mol. The van der Waals surface area contributed by atoms with Gasteiger partial charge in [-0.1, -0.05) is 32.8 Å². The number of alkyl halides is 1. The number of nitrogens with zero attached hydrogens (tertiary/aromatic N) is 3. The second-order valence-electron chi connectivity index (χ2n) is 5.34. The molecule has 0 aliphatic rings. The quantitative estimate of drug-likeness (QED) is 0.366. The molecule has 0 N–H and O–H groups in total. The summed E-state index contributed by atoms with van der Waals surface area (Å²) in [7, 11) is 0. The SMILES string of the molecule is CC(C)(CF)COCC(C)(C)CN=[N+]=[N-]. The summed E-state index contributed by atoms with van der Waals surface area (Å²) in [6.07, 6.45) is 0. The lowest BCUT2D eigenvalue weighted by Crippen LogP contribution is -2.28. The van der Waals surface area contributed by atoms with Crippen molar-refractivity contribution in [3.63, 3.8) is 0 Å². The third kappa shape index (κ3) is 7.17. The van der Waals surface area contributed by atoms with E-state index in [0.29, 0.717) is 19.8 Å². The summed E-state index contributed by atoms with van der Waals surface area (Å²) in [6.45, 7) is 8.36. The van der Waals surface area contributed by atoms with Crippen LogP contribution in [0.3, 0.4) is 0 Å². The Kier molecular flexibility index (Phi) is 5.61. The topological polar surface area (TPSA) is 58.0 Å². The van der Waals surface area contributed by atoms with Crippen LogP contribution in [0.25, 0.3) is 10.4 Å². The fourth-order valence-electron chi connectivity index (χ4n) is 0.911. The summed E-state index contributed by atoms with van der Waals surface area (Å²) in [5.41, 5.74) is 7.56. The van der Waals surface area contributed by atoms with E-state index in [0.717, 1.165) is 0 Å². The molecule has 0 atom stereocenters. The van der Waals surface area contributed by atoms with Gasteiger partial charge < -0.3 is 4.74 Å². The predicted molar refractivity (Wildman–Crippen MR) is 58.4 cm³/mol.